The summed E-state index contributed by atoms with van der Waals surface area (Å²) in [6.45, 7) is 3.52. The molecular weight excluding hydrogens is 471 g/mol. The number of aromatic nitrogens is 3. The third kappa shape index (κ3) is 6.48. The van der Waals surface area contributed by atoms with Gasteiger partial charge in [0.15, 0.2) is 5.82 Å². The molecule has 8 nitrogen and oxygen atoms in total. The molecule has 1 aromatic carbocycles. The van der Waals surface area contributed by atoms with Crippen LogP contribution in [0.3, 0.4) is 0 Å². The smallest absolute Gasteiger partial charge is 0.249 e. The number of rotatable bonds is 9. The van der Waals surface area contributed by atoms with Gasteiger partial charge >= 0.3 is 0 Å². The molecule has 0 bridgehead atoms. The fraction of sp³-hybridized carbons (Fsp3) is 0.357. The number of hydrogen-bond acceptors (Lipinski definition) is 5. The van der Waals surface area contributed by atoms with Gasteiger partial charge in [0.25, 0.3) is 0 Å². The molecule has 2 aromatic heterocycles. The second-order valence-corrected chi connectivity index (χ2v) is 9.76. The number of amides is 2. The van der Waals surface area contributed by atoms with E-state index in [1.54, 1.807) is 12.1 Å². The van der Waals surface area contributed by atoms with Gasteiger partial charge in [-0.25, -0.2) is 9.37 Å². The van der Waals surface area contributed by atoms with Crippen LogP contribution in [0.15, 0.2) is 60.7 Å². The van der Waals surface area contributed by atoms with Crippen molar-refractivity contribution in [2.75, 3.05) is 30.3 Å². The Kier molecular flexibility index (Phi) is 7.41. The maximum Gasteiger partial charge on any atom is 0.249 e. The minimum Gasteiger partial charge on any atom is -0.309 e. The Morgan fingerprint density at radius 2 is 1.97 bits per heavy atom. The highest BCUT2D eigenvalue weighted by molar-refractivity contribution is 5.98. The Morgan fingerprint density at radius 3 is 2.76 bits per heavy atom. The lowest BCUT2D eigenvalue weighted by atomic mass is 9.97. The molecule has 2 atom stereocenters. The monoisotopic (exact) mass is 502 g/mol. The van der Waals surface area contributed by atoms with Gasteiger partial charge in [-0.3, -0.25) is 19.6 Å². The third-order valence-electron chi connectivity index (χ3n) is 6.79. The van der Waals surface area contributed by atoms with Crippen LogP contribution in [-0.2, 0) is 9.59 Å². The number of benzene rings is 1. The number of H-pyrrole nitrogens is 1. The van der Waals surface area contributed by atoms with Crippen molar-refractivity contribution >= 4 is 23.5 Å². The molecule has 1 saturated heterocycles. The number of carbonyl (C=O) groups is 2. The number of anilines is 2. The van der Waals surface area contributed by atoms with Crippen LogP contribution in [0.5, 0.6) is 0 Å². The first-order valence-corrected chi connectivity index (χ1v) is 12.7. The average Bonchev–Trinajstić information content (AvgIpc) is 3.51. The van der Waals surface area contributed by atoms with Gasteiger partial charge in [-0.15, -0.1) is 0 Å². The molecule has 2 fully saturated rings. The molecule has 0 spiro atoms. The van der Waals surface area contributed by atoms with E-state index in [2.05, 4.69) is 25.8 Å². The summed E-state index contributed by atoms with van der Waals surface area (Å²) in [5.41, 5.74) is 3.45. The number of carbonyl (C=O) groups excluding carboxylic acids is 2. The molecule has 1 saturated carbocycles. The molecule has 1 aliphatic heterocycles. The van der Waals surface area contributed by atoms with Gasteiger partial charge in [-0.05, 0) is 49.9 Å². The molecule has 2 unspecified atom stereocenters. The number of pyridine rings is 1. The first-order valence-electron chi connectivity index (χ1n) is 12.7. The van der Waals surface area contributed by atoms with Crippen molar-refractivity contribution < 1.29 is 14.0 Å². The molecule has 37 heavy (non-hydrogen) atoms. The summed E-state index contributed by atoms with van der Waals surface area (Å²) in [5, 5.41) is 12.9. The van der Waals surface area contributed by atoms with Gasteiger partial charge in [0.05, 0.1) is 11.6 Å². The summed E-state index contributed by atoms with van der Waals surface area (Å²) in [6.07, 6.45) is 5.29. The minimum absolute atomic E-state index is 0.136. The second-order valence-electron chi connectivity index (χ2n) is 9.76. The second kappa shape index (κ2) is 11.0. The van der Waals surface area contributed by atoms with Gasteiger partial charge < -0.3 is 10.6 Å². The summed E-state index contributed by atoms with van der Waals surface area (Å²) < 4.78 is 13.3. The first kappa shape index (κ1) is 24.8. The van der Waals surface area contributed by atoms with Gasteiger partial charge in [-0.1, -0.05) is 30.3 Å². The van der Waals surface area contributed by atoms with Crippen LogP contribution in [0.2, 0.25) is 0 Å². The molecule has 1 aliphatic carbocycles. The van der Waals surface area contributed by atoms with Gasteiger partial charge in [0, 0.05) is 49.0 Å². The van der Waals surface area contributed by atoms with Gasteiger partial charge in [0.2, 0.25) is 11.8 Å². The lowest BCUT2D eigenvalue weighted by molar-refractivity contribution is -0.117. The van der Waals surface area contributed by atoms with Crippen molar-refractivity contribution in [1.82, 2.24) is 20.1 Å². The number of likely N-dealkylation sites (tertiary alicyclic amines) is 1. The first-order chi connectivity index (χ1) is 17.9. The van der Waals surface area contributed by atoms with Crippen LogP contribution in [0.4, 0.5) is 16.0 Å². The molecule has 2 aliphatic rings. The summed E-state index contributed by atoms with van der Waals surface area (Å²) in [6, 6.07) is 15.0. The van der Waals surface area contributed by atoms with E-state index in [0.29, 0.717) is 49.3 Å². The van der Waals surface area contributed by atoms with E-state index in [1.165, 1.54) is 6.08 Å². The molecule has 3 N–H and O–H groups in total. The zero-order valence-corrected chi connectivity index (χ0v) is 20.8. The van der Waals surface area contributed by atoms with E-state index in [1.807, 2.05) is 54.3 Å². The molecule has 5 rings (SSSR count). The van der Waals surface area contributed by atoms with E-state index in [9.17, 15) is 14.0 Å². The maximum absolute atomic E-state index is 13.3. The zero-order chi connectivity index (χ0) is 25.8. The van der Waals surface area contributed by atoms with E-state index in [0.717, 1.165) is 29.7 Å². The standard InChI is InChI=1S/C28H31FN6O2/c1-18(28(37)32-26-16-24(33-34-26)19-10-11-19)20-5-2-6-21(15-20)23-7-3-8-25(30-23)31-27(36)9-4-13-35-14-12-22(29)17-35/h2-9,15-16,18-19,22H,10-14,17H2,1H3,(H,30,31,36)(H2,32,33,34,37)/b9-4+. The Morgan fingerprint density at radius 1 is 1.14 bits per heavy atom. The summed E-state index contributed by atoms with van der Waals surface area (Å²) >= 11 is 0. The molecule has 192 valence electrons. The highest BCUT2D eigenvalue weighted by Gasteiger charge is 2.26. The Balaban J connectivity index is 1.20. The summed E-state index contributed by atoms with van der Waals surface area (Å²) in [7, 11) is 0. The fourth-order valence-electron chi connectivity index (χ4n) is 4.45. The van der Waals surface area contributed by atoms with Crippen LogP contribution in [0, 0.1) is 0 Å². The van der Waals surface area contributed by atoms with Crippen LogP contribution < -0.4 is 10.6 Å². The molecule has 3 aromatic rings. The number of halogens is 1. The molecule has 0 radical (unpaired) electrons. The normalized spacial score (nSPS) is 18.7. The van der Waals surface area contributed by atoms with Gasteiger partial charge in [-0.2, -0.15) is 5.10 Å². The minimum atomic E-state index is -0.777. The topological polar surface area (TPSA) is 103 Å². The third-order valence-corrected chi connectivity index (χ3v) is 6.79. The zero-order valence-electron chi connectivity index (χ0n) is 20.8. The van der Waals surface area contributed by atoms with Crippen molar-refractivity contribution in [3.63, 3.8) is 0 Å². The predicted octanol–water partition coefficient (Wildman–Crippen LogP) is 4.63. The number of alkyl halides is 1. The lowest BCUT2D eigenvalue weighted by Crippen LogP contribution is -2.21. The van der Waals surface area contributed by atoms with Gasteiger partial charge in [0.1, 0.15) is 12.0 Å². The highest BCUT2D eigenvalue weighted by Crippen LogP contribution is 2.39. The predicted molar refractivity (Wildman–Crippen MR) is 141 cm³/mol. The van der Waals surface area contributed by atoms with Crippen molar-refractivity contribution in [3.05, 3.63) is 71.9 Å². The Labute approximate surface area is 215 Å². The molecule has 3 heterocycles. The van der Waals surface area contributed by atoms with Crippen molar-refractivity contribution in [3.8, 4) is 11.3 Å². The van der Waals surface area contributed by atoms with Crippen LogP contribution >= 0.6 is 0 Å². The number of nitrogens with zero attached hydrogens (tertiary/aromatic N) is 3. The number of hydrogen-bond donors (Lipinski definition) is 3. The fourth-order valence-corrected chi connectivity index (χ4v) is 4.45. The average molecular weight is 503 g/mol. The van der Waals surface area contributed by atoms with E-state index >= 15 is 0 Å². The summed E-state index contributed by atoms with van der Waals surface area (Å²) in [4.78, 5) is 31.7. The van der Waals surface area contributed by atoms with Crippen LogP contribution in [-0.4, -0.2) is 57.7 Å². The van der Waals surface area contributed by atoms with Crippen LogP contribution in [0.25, 0.3) is 11.3 Å². The van der Waals surface area contributed by atoms with E-state index in [-0.39, 0.29) is 11.8 Å². The molecular formula is C28H31FN6O2. The Hall–Kier alpha value is -3.85. The maximum atomic E-state index is 13.3. The lowest BCUT2D eigenvalue weighted by Gasteiger charge is -2.13. The van der Waals surface area contributed by atoms with Crippen molar-refractivity contribution in [2.24, 2.45) is 0 Å². The Bertz CT molecular complexity index is 1300. The van der Waals surface area contributed by atoms with Crippen molar-refractivity contribution in [1.29, 1.82) is 0 Å². The quantitative estimate of drug-likeness (QED) is 0.370. The molecule has 9 heteroatoms. The number of aromatic amines is 1. The van der Waals surface area contributed by atoms with E-state index < -0.39 is 12.1 Å². The summed E-state index contributed by atoms with van der Waals surface area (Å²) in [5.74, 6) is 0.694. The van der Waals surface area contributed by atoms with Crippen molar-refractivity contribution in [2.45, 2.75) is 44.2 Å². The molecule has 2 amide bonds. The highest BCUT2D eigenvalue weighted by atomic mass is 19.1. The van der Waals surface area contributed by atoms with Crippen LogP contribution in [0.1, 0.15) is 49.3 Å². The number of nitrogens with one attached hydrogen (secondary N) is 3. The largest absolute Gasteiger partial charge is 0.309 e. The van der Waals surface area contributed by atoms with E-state index in [4.69, 9.17) is 0 Å². The SMILES string of the molecule is CC(C(=O)Nc1cc(C2CC2)[nH]n1)c1cccc(-c2cccc(NC(=O)/C=C/CN3CCC(F)C3)n2)c1.